The number of halogens is 5. The number of hydrogen-bond donors (Lipinski definition) is 3. The van der Waals surface area contributed by atoms with Gasteiger partial charge < -0.3 is 24.8 Å². The fourth-order valence-electron chi connectivity index (χ4n) is 3.91. The number of anilines is 2. The number of alkyl halides is 5. The molecule has 2 aromatic carbocycles. The van der Waals surface area contributed by atoms with E-state index in [-0.39, 0.29) is 30.0 Å². The number of aliphatic carboxylic acids is 1. The molecule has 13 heteroatoms. The smallest absolute Gasteiger partial charge is 0.478 e. The largest absolute Gasteiger partial charge is 0.490 e. The molecule has 0 saturated carbocycles. The van der Waals surface area contributed by atoms with Gasteiger partial charge in [-0.3, -0.25) is 4.79 Å². The molecular formula is C25H23F5N2O6. The Morgan fingerprint density at radius 2 is 1.66 bits per heavy atom. The average molecular weight is 542 g/mol. The zero-order valence-electron chi connectivity index (χ0n) is 20.1. The molecule has 3 aromatic rings. The summed E-state index contributed by atoms with van der Waals surface area (Å²) in [7, 11) is 0. The summed E-state index contributed by atoms with van der Waals surface area (Å²) in [5.74, 6) is -3.70. The van der Waals surface area contributed by atoms with Gasteiger partial charge in [0.15, 0.2) is 23.7 Å². The molecule has 1 aliphatic rings. The lowest BCUT2D eigenvalue weighted by Gasteiger charge is -2.21. The molecule has 3 N–H and O–H groups in total. The van der Waals surface area contributed by atoms with Crippen molar-refractivity contribution < 1.29 is 46.2 Å². The lowest BCUT2D eigenvalue weighted by molar-refractivity contribution is -0.192. The summed E-state index contributed by atoms with van der Waals surface area (Å²) in [4.78, 5) is 34.6. The number of nitrogens with zero attached hydrogens (tertiary/aromatic N) is 1. The van der Waals surface area contributed by atoms with Crippen LogP contribution in [-0.4, -0.2) is 53.8 Å². The first-order valence-corrected chi connectivity index (χ1v) is 11.2. The lowest BCUT2D eigenvalue weighted by Crippen LogP contribution is -2.22. The zero-order chi connectivity index (χ0) is 28.4. The lowest BCUT2D eigenvalue weighted by atomic mass is 10.0. The summed E-state index contributed by atoms with van der Waals surface area (Å²) in [5.41, 5.74) is 2.01. The molecule has 0 amide bonds. The Bertz CT molecular complexity index is 1400. The number of benzene rings is 2. The van der Waals surface area contributed by atoms with Crippen LogP contribution in [0.1, 0.15) is 34.5 Å². The monoisotopic (exact) mass is 542 g/mol. The van der Waals surface area contributed by atoms with Crippen LogP contribution in [0.5, 0.6) is 0 Å². The Kier molecular flexibility index (Phi) is 8.28. The molecule has 0 radical (unpaired) electrons. The highest BCUT2D eigenvalue weighted by molar-refractivity contribution is 5.94. The molecule has 0 bridgehead atoms. The predicted molar refractivity (Wildman–Crippen MR) is 128 cm³/mol. The van der Waals surface area contributed by atoms with Gasteiger partial charge in [-0.2, -0.15) is 13.2 Å². The quantitative estimate of drug-likeness (QED) is 0.381. The number of rotatable bonds is 5. The number of carbonyl (C=O) groups is 2. The van der Waals surface area contributed by atoms with Crippen LogP contribution in [0.25, 0.3) is 11.0 Å². The van der Waals surface area contributed by atoms with Crippen LogP contribution in [0.15, 0.2) is 51.7 Å². The van der Waals surface area contributed by atoms with E-state index in [9.17, 15) is 36.6 Å². The van der Waals surface area contributed by atoms with Crippen molar-refractivity contribution >= 4 is 34.5 Å². The van der Waals surface area contributed by atoms with Crippen LogP contribution in [0.2, 0.25) is 0 Å². The minimum atomic E-state index is -5.08. The van der Waals surface area contributed by atoms with E-state index < -0.39 is 36.5 Å². The Morgan fingerprint density at radius 1 is 1.08 bits per heavy atom. The van der Waals surface area contributed by atoms with Crippen molar-refractivity contribution in [2.75, 3.05) is 23.3 Å². The first-order chi connectivity index (χ1) is 17.7. The molecule has 1 saturated heterocycles. The fourth-order valence-corrected chi connectivity index (χ4v) is 3.91. The fraction of sp³-hybridized carbons (Fsp3) is 0.320. The van der Waals surface area contributed by atoms with Crippen LogP contribution in [0.4, 0.5) is 33.5 Å². The molecule has 1 unspecified atom stereocenters. The summed E-state index contributed by atoms with van der Waals surface area (Å²) in [5, 5.41) is 20.1. The third-order valence-corrected chi connectivity index (χ3v) is 5.72. The molecule has 204 valence electrons. The summed E-state index contributed by atoms with van der Waals surface area (Å²) in [6.07, 6.45) is -8.35. The van der Waals surface area contributed by atoms with E-state index in [0.29, 0.717) is 22.2 Å². The van der Waals surface area contributed by atoms with Gasteiger partial charge in [-0.15, -0.1) is 0 Å². The molecule has 38 heavy (non-hydrogen) atoms. The van der Waals surface area contributed by atoms with Gasteiger partial charge in [-0.05, 0) is 37.6 Å². The minimum absolute atomic E-state index is 0.114. The second kappa shape index (κ2) is 11.1. The molecule has 1 fully saturated rings. The highest BCUT2D eigenvalue weighted by atomic mass is 19.4. The normalized spacial score (nSPS) is 18.0. The van der Waals surface area contributed by atoms with Gasteiger partial charge in [-0.1, -0.05) is 18.2 Å². The maximum Gasteiger partial charge on any atom is 0.490 e. The van der Waals surface area contributed by atoms with Crippen molar-refractivity contribution in [2.45, 2.75) is 38.4 Å². The van der Waals surface area contributed by atoms with E-state index in [1.54, 1.807) is 24.3 Å². The van der Waals surface area contributed by atoms with Crippen LogP contribution in [-0.2, 0) is 4.79 Å². The van der Waals surface area contributed by atoms with Crippen molar-refractivity contribution in [3.63, 3.8) is 0 Å². The third-order valence-electron chi connectivity index (χ3n) is 5.72. The first-order valence-electron chi connectivity index (χ1n) is 11.2. The molecule has 1 aliphatic heterocycles. The van der Waals surface area contributed by atoms with E-state index >= 15 is 0 Å². The van der Waals surface area contributed by atoms with Crippen molar-refractivity contribution in [3.05, 3.63) is 69.4 Å². The Labute approximate surface area is 212 Å². The highest BCUT2D eigenvalue weighted by Crippen LogP contribution is 2.32. The number of aromatic carboxylic acids is 1. The molecule has 2 heterocycles. The molecule has 0 aliphatic carbocycles. The van der Waals surface area contributed by atoms with Gasteiger partial charge in [0.1, 0.15) is 5.58 Å². The molecule has 0 spiro atoms. The second-order valence-corrected chi connectivity index (χ2v) is 8.64. The van der Waals surface area contributed by atoms with E-state index in [2.05, 4.69) is 5.32 Å². The standard InChI is InChI=1S/C23H22F2N2O4.C2HF3O2/c1-12-7-15(13(2)26-19-6-4-3-5-14(19)23(29)30)22-16(8-12)20(28)9-21(31-22)27-10-17(24)18(25)11-27;3-2(4,5)1(6)7/h3-9,13,17-18,26H,10-11H2,1-2H3,(H,29,30);(H,6,7)/t13?,17-,18-;/m1./s1. The van der Waals surface area contributed by atoms with Gasteiger partial charge in [0.25, 0.3) is 0 Å². The van der Waals surface area contributed by atoms with Crippen LogP contribution >= 0.6 is 0 Å². The molecule has 3 atom stereocenters. The molecule has 1 aromatic heterocycles. The molecule has 8 nitrogen and oxygen atoms in total. The maximum absolute atomic E-state index is 13.7. The summed E-state index contributed by atoms with van der Waals surface area (Å²) < 4.78 is 65.1. The molecule has 4 rings (SSSR count). The van der Waals surface area contributed by atoms with Gasteiger partial charge >= 0.3 is 18.1 Å². The van der Waals surface area contributed by atoms with Gasteiger partial charge in [0.2, 0.25) is 0 Å². The highest BCUT2D eigenvalue weighted by Gasteiger charge is 2.38. The maximum atomic E-state index is 13.7. The third kappa shape index (κ3) is 6.39. The van der Waals surface area contributed by atoms with Crippen molar-refractivity contribution in [1.82, 2.24) is 0 Å². The van der Waals surface area contributed by atoms with Crippen LogP contribution in [0, 0.1) is 6.92 Å². The SMILES string of the molecule is Cc1cc(C(C)Nc2ccccc2C(=O)O)c2oc(N3C[C@@H](F)[C@H](F)C3)cc(=O)c2c1.O=C(O)C(F)(F)F. The number of nitrogens with one attached hydrogen (secondary N) is 1. The number of carboxylic acids is 2. The number of aryl methyl sites for hydroxylation is 1. The molecular weight excluding hydrogens is 519 g/mol. The Morgan fingerprint density at radius 3 is 2.21 bits per heavy atom. The summed E-state index contributed by atoms with van der Waals surface area (Å²) >= 11 is 0. The van der Waals surface area contributed by atoms with Crippen LogP contribution < -0.4 is 15.6 Å². The van der Waals surface area contributed by atoms with Crippen molar-refractivity contribution in [2.24, 2.45) is 0 Å². The predicted octanol–water partition coefficient (Wildman–Crippen LogP) is 5.10. The van der Waals surface area contributed by atoms with Crippen LogP contribution in [0.3, 0.4) is 0 Å². The average Bonchev–Trinajstić information content (AvgIpc) is 3.17. The van der Waals surface area contributed by atoms with Crippen molar-refractivity contribution in [3.8, 4) is 0 Å². The Balaban J connectivity index is 0.000000505. The minimum Gasteiger partial charge on any atom is -0.478 e. The van der Waals surface area contributed by atoms with E-state index in [1.807, 2.05) is 19.9 Å². The number of para-hydroxylation sites is 1. The van der Waals surface area contributed by atoms with E-state index in [1.165, 1.54) is 17.0 Å². The number of hydrogen-bond acceptors (Lipinski definition) is 6. The number of carboxylic acid groups (broad SMARTS) is 2. The summed E-state index contributed by atoms with van der Waals surface area (Å²) in [6.45, 7) is 3.30. The number of fused-ring (bicyclic) bond motifs is 1. The van der Waals surface area contributed by atoms with Gasteiger partial charge in [-0.25, -0.2) is 18.4 Å². The van der Waals surface area contributed by atoms with E-state index in [4.69, 9.17) is 14.3 Å². The Hall–Kier alpha value is -4.16. The second-order valence-electron chi connectivity index (χ2n) is 8.64. The first kappa shape index (κ1) is 28.4. The van der Waals surface area contributed by atoms with E-state index in [0.717, 1.165) is 5.56 Å². The van der Waals surface area contributed by atoms with Gasteiger partial charge in [0.05, 0.1) is 30.1 Å². The summed E-state index contributed by atoms with van der Waals surface area (Å²) in [6, 6.07) is 10.9. The zero-order valence-corrected chi connectivity index (χ0v) is 20.1. The topological polar surface area (TPSA) is 120 Å². The van der Waals surface area contributed by atoms with Gasteiger partial charge in [0, 0.05) is 17.3 Å². The van der Waals surface area contributed by atoms with Crippen molar-refractivity contribution in [1.29, 1.82) is 0 Å².